The van der Waals surface area contributed by atoms with Gasteiger partial charge in [0, 0.05) is 0 Å². The van der Waals surface area contributed by atoms with Crippen molar-refractivity contribution < 1.29 is 51.0 Å². The molecule has 30 heavy (non-hydrogen) atoms. The van der Waals surface area contributed by atoms with Crippen LogP contribution in [-0.2, 0) is 26.2 Å². The molecule has 1 aromatic rings. The second-order valence-corrected chi connectivity index (χ2v) is 8.90. The van der Waals surface area contributed by atoms with E-state index in [1.54, 1.807) is 0 Å². The molecule has 3 rings (SSSR count). The van der Waals surface area contributed by atoms with Gasteiger partial charge in [0.2, 0.25) is 0 Å². The Morgan fingerprint density at radius 3 is 0.967 bits per heavy atom. The summed E-state index contributed by atoms with van der Waals surface area (Å²) in [4.78, 5) is 0. The smallest absolute Gasteiger partial charge is 1.00 e. The summed E-state index contributed by atoms with van der Waals surface area (Å²) in [6, 6.07) is 10.3. The summed E-state index contributed by atoms with van der Waals surface area (Å²) < 4.78 is 0. The van der Waals surface area contributed by atoms with Gasteiger partial charge in [0.1, 0.15) is 0 Å². The van der Waals surface area contributed by atoms with Gasteiger partial charge in [-0.1, -0.05) is 102 Å². The monoisotopic (exact) mass is 522 g/mol. The second-order valence-electron chi connectivity index (χ2n) is 8.90. The maximum atomic E-state index is 3.44. The van der Waals surface area contributed by atoms with Crippen LogP contribution < -0.4 is 24.8 Å². The van der Waals surface area contributed by atoms with Crippen molar-refractivity contribution >= 4 is 0 Å². The van der Waals surface area contributed by atoms with Crippen LogP contribution >= 0.6 is 0 Å². The molecule has 0 aromatic heterocycles. The van der Waals surface area contributed by atoms with Crippen molar-refractivity contribution in [3.63, 3.8) is 0 Å². The summed E-state index contributed by atoms with van der Waals surface area (Å²) in [5.74, 6) is 0. The maximum absolute atomic E-state index is 3.44. The zero-order valence-corrected chi connectivity index (χ0v) is 24.6. The fourth-order valence-electron chi connectivity index (χ4n) is 3.35. The van der Waals surface area contributed by atoms with Crippen LogP contribution in [0.1, 0.15) is 74.8 Å². The molecule has 0 atom stereocenters. The molecule has 0 fully saturated rings. The molecule has 0 heterocycles. The summed E-state index contributed by atoms with van der Waals surface area (Å²) in [7, 11) is 0. The van der Waals surface area contributed by atoms with Gasteiger partial charge < -0.3 is 24.8 Å². The molecular weight excluding hydrogens is 486 g/mol. The van der Waals surface area contributed by atoms with Crippen molar-refractivity contribution in [2.75, 3.05) is 0 Å². The van der Waals surface area contributed by atoms with Gasteiger partial charge in [-0.2, -0.15) is 22.3 Å². The molecule has 0 unspecified atom stereocenters. The number of allylic oxidation sites excluding steroid dienone is 8. The Morgan fingerprint density at radius 2 is 0.867 bits per heavy atom. The van der Waals surface area contributed by atoms with Crippen LogP contribution in [0.3, 0.4) is 0 Å². The first kappa shape index (κ1) is 34.3. The Labute approximate surface area is 218 Å². The number of hydrogen-bond acceptors (Lipinski definition) is 0. The summed E-state index contributed by atoms with van der Waals surface area (Å²) in [6.45, 7) is 23.9. The number of benzene rings is 1. The fourth-order valence-corrected chi connectivity index (χ4v) is 3.35. The normalized spacial score (nSPS) is 17.7. The number of aryl methyl sites for hydroxylation is 1. The Hall–Kier alpha value is -0.357. The van der Waals surface area contributed by atoms with E-state index in [0.29, 0.717) is 0 Å². The van der Waals surface area contributed by atoms with Crippen LogP contribution in [0, 0.1) is 29.9 Å². The molecule has 2 aliphatic carbocycles. The van der Waals surface area contributed by atoms with Gasteiger partial charge >= 0.3 is 26.2 Å². The molecule has 2 aliphatic rings. The van der Waals surface area contributed by atoms with Crippen molar-refractivity contribution in [2.24, 2.45) is 10.8 Å². The van der Waals surface area contributed by atoms with Crippen molar-refractivity contribution in [2.45, 2.75) is 76.2 Å². The minimum atomic E-state index is 0. The third-order valence-corrected chi connectivity index (χ3v) is 6.07. The molecule has 0 spiro atoms. The molecule has 0 saturated heterocycles. The van der Waals surface area contributed by atoms with Gasteiger partial charge in [-0.3, -0.25) is 12.2 Å². The Balaban J connectivity index is -0.000000352. The van der Waals surface area contributed by atoms with Gasteiger partial charge in [-0.25, -0.2) is 11.1 Å². The second kappa shape index (κ2) is 13.9. The van der Waals surface area contributed by atoms with Crippen LogP contribution in [0.2, 0.25) is 0 Å². The van der Waals surface area contributed by atoms with Gasteiger partial charge in [0.05, 0.1) is 0 Å². The zero-order chi connectivity index (χ0) is 21.0. The third-order valence-electron chi connectivity index (χ3n) is 6.07. The maximum Gasteiger partial charge on any atom is 4.00 e. The largest absolute Gasteiger partial charge is 4.00 e. The number of halogens is 2. The van der Waals surface area contributed by atoms with Crippen molar-refractivity contribution in [1.29, 1.82) is 0 Å². The molecule has 0 radical (unpaired) electrons. The van der Waals surface area contributed by atoms with E-state index in [1.807, 2.05) is 18.2 Å². The van der Waals surface area contributed by atoms with Crippen molar-refractivity contribution in [3.8, 4) is 0 Å². The minimum absolute atomic E-state index is 0. The van der Waals surface area contributed by atoms with Gasteiger partial charge in [0.15, 0.2) is 0 Å². The summed E-state index contributed by atoms with van der Waals surface area (Å²) >= 11 is 0. The Morgan fingerprint density at radius 1 is 0.567 bits per heavy atom. The molecule has 0 bridgehead atoms. The van der Waals surface area contributed by atoms with E-state index in [1.165, 1.54) is 39.0 Å². The van der Waals surface area contributed by atoms with Crippen molar-refractivity contribution in [3.05, 3.63) is 81.5 Å². The number of rotatable bonds is 0. The van der Waals surface area contributed by atoms with E-state index in [9.17, 15) is 0 Å². The van der Waals surface area contributed by atoms with Crippen LogP contribution in [0.4, 0.5) is 0 Å². The SMILES string of the molecule is CC1=[C-]C(C)(C)C(C)=C1C.CC1=[C-]C(C)(C)C(C)=C1C.Cc1ccccc1.[Cl-].[Cl-].[Zr+4]. The molecule has 0 saturated carbocycles. The average Bonchev–Trinajstić information content (AvgIpc) is 2.87. The first-order chi connectivity index (χ1) is 12.3. The summed E-state index contributed by atoms with van der Waals surface area (Å²) in [5, 5.41) is 0. The van der Waals surface area contributed by atoms with Crippen LogP contribution in [0.5, 0.6) is 0 Å². The molecule has 0 nitrogen and oxygen atoms in total. The van der Waals surface area contributed by atoms with E-state index in [2.05, 4.69) is 100 Å². The number of hydrogen-bond donors (Lipinski definition) is 0. The van der Waals surface area contributed by atoms with Crippen LogP contribution in [0.25, 0.3) is 0 Å². The molecule has 1 aromatic carbocycles. The van der Waals surface area contributed by atoms with E-state index in [0.717, 1.165) is 0 Å². The Bertz CT molecular complexity index is 741. The fraction of sp³-hybridized carbons (Fsp3) is 0.481. The van der Waals surface area contributed by atoms with E-state index in [4.69, 9.17) is 0 Å². The first-order valence-corrected chi connectivity index (χ1v) is 9.91. The minimum Gasteiger partial charge on any atom is -1.00 e. The first-order valence-electron chi connectivity index (χ1n) is 9.91. The predicted octanol–water partition coefficient (Wildman–Crippen LogP) is 2.22. The van der Waals surface area contributed by atoms with E-state index < -0.39 is 0 Å². The average molecular weight is 525 g/mol. The molecule has 0 N–H and O–H groups in total. The van der Waals surface area contributed by atoms with Crippen LogP contribution in [0.15, 0.2) is 63.8 Å². The third kappa shape index (κ3) is 9.42. The molecule has 164 valence electrons. The van der Waals surface area contributed by atoms with E-state index >= 15 is 0 Å². The Kier molecular flexibility index (Phi) is 15.9. The molecular formula is C27H38Cl2Zr. The van der Waals surface area contributed by atoms with Crippen LogP contribution in [-0.4, -0.2) is 0 Å². The van der Waals surface area contributed by atoms with E-state index in [-0.39, 0.29) is 61.8 Å². The predicted molar refractivity (Wildman–Crippen MR) is 120 cm³/mol. The molecule has 0 aliphatic heterocycles. The van der Waals surface area contributed by atoms with Gasteiger partial charge in [-0.05, 0) is 6.92 Å². The van der Waals surface area contributed by atoms with Gasteiger partial charge in [-0.15, -0.1) is 13.8 Å². The summed E-state index contributed by atoms with van der Waals surface area (Å²) in [5.41, 5.74) is 10.1. The quantitative estimate of drug-likeness (QED) is 0.457. The topological polar surface area (TPSA) is 0 Å². The zero-order valence-electron chi connectivity index (χ0n) is 20.6. The molecule has 3 heteroatoms. The molecule has 0 amide bonds. The van der Waals surface area contributed by atoms with Gasteiger partial charge in [0.25, 0.3) is 0 Å². The summed E-state index contributed by atoms with van der Waals surface area (Å²) in [6.07, 6.45) is 6.87. The standard InChI is InChI=1S/2C10H15.C7H8.2ClH.Zr/c2*1-7-6-10(4,5)9(3)8(7)2;1-7-5-3-2-4-6-7;;;/h2*1-5H3;2-6H,1H3;2*1H;/q2*-1;;;;+4/p-2. The van der Waals surface area contributed by atoms with Crippen molar-refractivity contribution in [1.82, 2.24) is 0 Å².